The summed E-state index contributed by atoms with van der Waals surface area (Å²) in [4.78, 5) is 0. The SMILES string of the molecule is OCCCOc1cccc2c1CCCC2O. The van der Waals surface area contributed by atoms with Crippen molar-refractivity contribution in [2.45, 2.75) is 31.8 Å². The van der Waals surface area contributed by atoms with Gasteiger partial charge in [0.05, 0.1) is 12.7 Å². The molecule has 1 aromatic carbocycles. The van der Waals surface area contributed by atoms with E-state index in [4.69, 9.17) is 9.84 Å². The Morgan fingerprint density at radius 1 is 1.38 bits per heavy atom. The highest BCUT2D eigenvalue weighted by molar-refractivity contribution is 5.42. The van der Waals surface area contributed by atoms with E-state index in [0.717, 1.165) is 36.1 Å². The molecule has 0 radical (unpaired) electrons. The fourth-order valence-electron chi connectivity index (χ4n) is 2.17. The van der Waals surface area contributed by atoms with Gasteiger partial charge in [-0.2, -0.15) is 0 Å². The number of hydrogen-bond acceptors (Lipinski definition) is 3. The van der Waals surface area contributed by atoms with Gasteiger partial charge in [0.25, 0.3) is 0 Å². The molecule has 16 heavy (non-hydrogen) atoms. The minimum absolute atomic E-state index is 0.150. The summed E-state index contributed by atoms with van der Waals surface area (Å²) in [6.07, 6.45) is 3.13. The van der Waals surface area contributed by atoms with Gasteiger partial charge in [-0.3, -0.25) is 0 Å². The maximum atomic E-state index is 9.86. The van der Waals surface area contributed by atoms with Crippen LogP contribution in [0.4, 0.5) is 0 Å². The highest BCUT2D eigenvalue weighted by Gasteiger charge is 2.20. The van der Waals surface area contributed by atoms with Crippen LogP contribution in [-0.2, 0) is 6.42 Å². The third kappa shape index (κ3) is 2.36. The van der Waals surface area contributed by atoms with E-state index in [1.54, 1.807) is 0 Å². The molecule has 1 unspecified atom stereocenters. The van der Waals surface area contributed by atoms with Crippen molar-refractivity contribution in [2.24, 2.45) is 0 Å². The third-order valence-corrected chi connectivity index (χ3v) is 2.99. The lowest BCUT2D eigenvalue weighted by molar-refractivity contribution is 0.154. The molecular weight excluding hydrogens is 204 g/mol. The largest absolute Gasteiger partial charge is 0.493 e. The van der Waals surface area contributed by atoms with E-state index < -0.39 is 0 Å². The zero-order valence-electron chi connectivity index (χ0n) is 9.35. The van der Waals surface area contributed by atoms with Crippen LogP contribution in [0.15, 0.2) is 18.2 Å². The molecule has 2 N–H and O–H groups in total. The summed E-state index contributed by atoms with van der Waals surface area (Å²) in [7, 11) is 0. The number of aliphatic hydroxyl groups is 2. The van der Waals surface area contributed by atoms with Gasteiger partial charge in [0.1, 0.15) is 5.75 Å². The molecular formula is C13H18O3. The molecule has 1 aromatic rings. The summed E-state index contributed by atoms with van der Waals surface area (Å²) in [6, 6.07) is 5.83. The molecule has 1 atom stereocenters. The van der Waals surface area contributed by atoms with E-state index in [1.807, 2.05) is 18.2 Å². The quantitative estimate of drug-likeness (QED) is 0.764. The lowest BCUT2D eigenvalue weighted by Crippen LogP contribution is -2.11. The lowest BCUT2D eigenvalue weighted by Gasteiger charge is -2.23. The van der Waals surface area contributed by atoms with E-state index in [-0.39, 0.29) is 12.7 Å². The Morgan fingerprint density at radius 2 is 2.25 bits per heavy atom. The van der Waals surface area contributed by atoms with Crippen molar-refractivity contribution < 1.29 is 14.9 Å². The summed E-state index contributed by atoms with van der Waals surface area (Å²) < 4.78 is 5.62. The second-order valence-corrected chi connectivity index (χ2v) is 4.16. The summed E-state index contributed by atoms with van der Waals surface area (Å²) in [5, 5.41) is 18.6. The molecule has 0 bridgehead atoms. The summed E-state index contributed by atoms with van der Waals surface area (Å²) >= 11 is 0. The Hall–Kier alpha value is -1.06. The molecule has 2 rings (SSSR count). The van der Waals surface area contributed by atoms with Crippen molar-refractivity contribution in [1.29, 1.82) is 0 Å². The first-order chi connectivity index (χ1) is 7.83. The van der Waals surface area contributed by atoms with Crippen molar-refractivity contribution in [1.82, 2.24) is 0 Å². The molecule has 3 heteroatoms. The number of ether oxygens (including phenoxy) is 1. The number of aliphatic hydroxyl groups excluding tert-OH is 2. The minimum Gasteiger partial charge on any atom is -0.493 e. The molecule has 0 aliphatic heterocycles. The monoisotopic (exact) mass is 222 g/mol. The van der Waals surface area contributed by atoms with Crippen LogP contribution < -0.4 is 4.74 Å². The number of rotatable bonds is 4. The topological polar surface area (TPSA) is 49.7 Å². The standard InChI is InChI=1S/C13H18O3/c14-8-3-9-16-13-7-2-4-10-11(13)5-1-6-12(10)15/h2,4,7,12,14-15H,1,3,5-6,8-9H2. The third-order valence-electron chi connectivity index (χ3n) is 2.99. The summed E-state index contributed by atoms with van der Waals surface area (Å²) in [5.74, 6) is 0.865. The van der Waals surface area contributed by atoms with Gasteiger partial charge >= 0.3 is 0 Å². The maximum Gasteiger partial charge on any atom is 0.122 e. The van der Waals surface area contributed by atoms with Crippen molar-refractivity contribution in [2.75, 3.05) is 13.2 Å². The Balaban J connectivity index is 2.15. The Morgan fingerprint density at radius 3 is 3.06 bits per heavy atom. The first-order valence-corrected chi connectivity index (χ1v) is 5.86. The van der Waals surface area contributed by atoms with E-state index >= 15 is 0 Å². The Bertz CT molecular complexity index is 349. The van der Waals surface area contributed by atoms with E-state index in [9.17, 15) is 5.11 Å². The molecule has 0 amide bonds. The average molecular weight is 222 g/mol. The Kier molecular flexibility index (Phi) is 3.80. The molecule has 0 heterocycles. The number of fused-ring (bicyclic) bond motifs is 1. The second-order valence-electron chi connectivity index (χ2n) is 4.16. The van der Waals surface area contributed by atoms with Crippen LogP contribution in [0.5, 0.6) is 5.75 Å². The van der Waals surface area contributed by atoms with Crippen LogP contribution in [0.1, 0.15) is 36.5 Å². The highest BCUT2D eigenvalue weighted by Crippen LogP contribution is 2.35. The molecule has 1 aliphatic rings. The fourth-order valence-corrected chi connectivity index (χ4v) is 2.17. The van der Waals surface area contributed by atoms with E-state index in [1.165, 1.54) is 0 Å². The molecule has 0 spiro atoms. The molecule has 1 aliphatic carbocycles. The minimum atomic E-state index is -0.342. The summed E-state index contributed by atoms with van der Waals surface area (Å²) in [5.41, 5.74) is 2.15. The van der Waals surface area contributed by atoms with Crippen LogP contribution >= 0.6 is 0 Å². The summed E-state index contributed by atoms with van der Waals surface area (Å²) in [6.45, 7) is 0.681. The van der Waals surface area contributed by atoms with Gasteiger partial charge in [0.15, 0.2) is 0 Å². The average Bonchev–Trinajstić information content (AvgIpc) is 2.31. The van der Waals surface area contributed by atoms with Crippen LogP contribution in [0.25, 0.3) is 0 Å². The molecule has 0 aromatic heterocycles. The van der Waals surface area contributed by atoms with Crippen molar-refractivity contribution >= 4 is 0 Å². The number of benzene rings is 1. The van der Waals surface area contributed by atoms with Gasteiger partial charge in [0.2, 0.25) is 0 Å². The predicted octanol–water partition coefficient (Wildman–Crippen LogP) is 1.82. The van der Waals surface area contributed by atoms with Crippen molar-refractivity contribution in [3.05, 3.63) is 29.3 Å². The van der Waals surface area contributed by atoms with Crippen molar-refractivity contribution in [3.63, 3.8) is 0 Å². The molecule has 3 nitrogen and oxygen atoms in total. The van der Waals surface area contributed by atoms with Gasteiger partial charge in [-0.15, -0.1) is 0 Å². The first-order valence-electron chi connectivity index (χ1n) is 5.86. The molecule has 0 saturated carbocycles. The first kappa shape index (κ1) is 11.4. The van der Waals surface area contributed by atoms with Crippen molar-refractivity contribution in [3.8, 4) is 5.75 Å². The van der Waals surface area contributed by atoms with Gasteiger partial charge in [0, 0.05) is 13.0 Å². The van der Waals surface area contributed by atoms with E-state index in [0.29, 0.717) is 13.0 Å². The van der Waals surface area contributed by atoms with E-state index in [2.05, 4.69) is 0 Å². The zero-order valence-corrected chi connectivity index (χ0v) is 9.35. The maximum absolute atomic E-state index is 9.86. The van der Waals surface area contributed by atoms with Crippen LogP contribution in [0, 0.1) is 0 Å². The van der Waals surface area contributed by atoms with Crippen LogP contribution in [0.3, 0.4) is 0 Å². The van der Waals surface area contributed by atoms with Gasteiger partial charge < -0.3 is 14.9 Å². The highest BCUT2D eigenvalue weighted by atomic mass is 16.5. The molecule has 0 fully saturated rings. The number of hydrogen-bond donors (Lipinski definition) is 2. The van der Waals surface area contributed by atoms with Crippen LogP contribution in [0.2, 0.25) is 0 Å². The Labute approximate surface area is 95.7 Å². The zero-order chi connectivity index (χ0) is 11.4. The van der Waals surface area contributed by atoms with Gasteiger partial charge in [-0.1, -0.05) is 12.1 Å². The lowest BCUT2D eigenvalue weighted by atomic mass is 9.89. The van der Waals surface area contributed by atoms with Crippen LogP contribution in [-0.4, -0.2) is 23.4 Å². The van der Waals surface area contributed by atoms with Gasteiger partial charge in [-0.25, -0.2) is 0 Å². The molecule has 88 valence electrons. The normalized spacial score (nSPS) is 19.2. The molecule has 0 saturated heterocycles. The van der Waals surface area contributed by atoms with Gasteiger partial charge in [-0.05, 0) is 36.5 Å². The smallest absolute Gasteiger partial charge is 0.122 e. The second kappa shape index (κ2) is 5.32. The fraction of sp³-hybridized carbons (Fsp3) is 0.538. The predicted molar refractivity (Wildman–Crippen MR) is 61.5 cm³/mol.